The lowest BCUT2D eigenvalue weighted by Crippen LogP contribution is -2.32. The van der Waals surface area contributed by atoms with E-state index in [2.05, 4.69) is 31.3 Å². The molecule has 6 heteroatoms. The summed E-state index contributed by atoms with van der Waals surface area (Å²) in [7, 11) is 3.39. The van der Waals surface area contributed by atoms with Gasteiger partial charge in [0, 0.05) is 37.8 Å². The molecule has 3 N–H and O–H groups in total. The molecule has 0 spiro atoms. The van der Waals surface area contributed by atoms with Crippen molar-refractivity contribution in [3.63, 3.8) is 0 Å². The van der Waals surface area contributed by atoms with Crippen LogP contribution in [0.25, 0.3) is 0 Å². The van der Waals surface area contributed by atoms with Crippen LogP contribution < -0.4 is 11.1 Å². The van der Waals surface area contributed by atoms with E-state index in [1.807, 2.05) is 12.1 Å². The van der Waals surface area contributed by atoms with E-state index in [1.165, 1.54) is 10.5 Å². The van der Waals surface area contributed by atoms with E-state index in [0.29, 0.717) is 23.6 Å². The summed E-state index contributed by atoms with van der Waals surface area (Å²) < 4.78 is 0. The fraction of sp³-hybridized carbons (Fsp3) is 0.333. The van der Waals surface area contributed by atoms with Crippen molar-refractivity contribution in [1.82, 2.24) is 10.2 Å². The molecule has 0 radical (unpaired) electrons. The molecular formula is C21H28ClN3O2. The number of hydrogen-bond acceptors (Lipinski definition) is 3. The zero-order valence-electron chi connectivity index (χ0n) is 16.2. The molecule has 2 aromatic carbocycles. The molecule has 146 valence electrons. The first kappa shape index (κ1) is 22.7. The molecule has 0 saturated carbocycles. The fourth-order valence-corrected chi connectivity index (χ4v) is 2.57. The van der Waals surface area contributed by atoms with Crippen LogP contribution in [-0.4, -0.2) is 37.4 Å². The summed E-state index contributed by atoms with van der Waals surface area (Å²) in [5.74, 6) is 0.175. The van der Waals surface area contributed by atoms with Crippen LogP contribution in [0.2, 0.25) is 0 Å². The summed E-state index contributed by atoms with van der Waals surface area (Å²) in [6.07, 6.45) is 0. The minimum absolute atomic E-state index is 0. The number of carbonyl (C=O) groups is 2. The van der Waals surface area contributed by atoms with Gasteiger partial charge in [-0.3, -0.25) is 9.59 Å². The first-order valence-electron chi connectivity index (χ1n) is 8.75. The lowest BCUT2D eigenvalue weighted by molar-refractivity contribution is 0.0826. The van der Waals surface area contributed by atoms with E-state index in [9.17, 15) is 9.59 Å². The molecule has 0 aliphatic heterocycles. The van der Waals surface area contributed by atoms with E-state index < -0.39 is 0 Å². The van der Waals surface area contributed by atoms with Crippen molar-refractivity contribution in [1.29, 1.82) is 0 Å². The molecule has 1 unspecified atom stereocenters. The van der Waals surface area contributed by atoms with Crippen LogP contribution >= 0.6 is 12.4 Å². The third kappa shape index (κ3) is 6.08. The van der Waals surface area contributed by atoms with Crippen molar-refractivity contribution in [3.05, 3.63) is 70.8 Å². The first-order chi connectivity index (χ1) is 12.3. The van der Waals surface area contributed by atoms with Gasteiger partial charge >= 0.3 is 0 Å². The normalized spacial score (nSPS) is 11.5. The van der Waals surface area contributed by atoms with Crippen LogP contribution in [0.4, 0.5) is 0 Å². The maximum absolute atomic E-state index is 12.3. The Morgan fingerprint density at radius 3 is 1.89 bits per heavy atom. The predicted molar refractivity (Wildman–Crippen MR) is 112 cm³/mol. The maximum atomic E-state index is 12.3. The second-order valence-corrected chi connectivity index (χ2v) is 6.91. The third-order valence-corrected chi connectivity index (χ3v) is 4.31. The van der Waals surface area contributed by atoms with Gasteiger partial charge in [-0.1, -0.05) is 38.1 Å². The Balaban J connectivity index is 0.00000364. The lowest BCUT2D eigenvalue weighted by Gasteiger charge is -2.15. The Kier molecular flexibility index (Phi) is 8.47. The summed E-state index contributed by atoms with van der Waals surface area (Å²) in [6, 6.07) is 14.5. The highest BCUT2D eigenvalue weighted by molar-refractivity contribution is 5.97. The van der Waals surface area contributed by atoms with Gasteiger partial charge in [-0.15, -0.1) is 12.4 Å². The Bertz CT molecular complexity index is 756. The van der Waals surface area contributed by atoms with Crippen LogP contribution in [0.5, 0.6) is 0 Å². The molecule has 0 bridgehead atoms. The largest absolute Gasteiger partial charge is 0.350 e. The quantitative estimate of drug-likeness (QED) is 0.795. The Hall–Kier alpha value is -2.37. The third-order valence-electron chi connectivity index (χ3n) is 4.31. The van der Waals surface area contributed by atoms with Crippen molar-refractivity contribution >= 4 is 24.2 Å². The van der Waals surface area contributed by atoms with Crippen molar-refractivity contribution in [2.24, 2.45) is 5.73 Å². The van der Waals surface area contributed by atoms with Gasteiger partial charge in [0.05, 0.1) is 0 Å². The van der Waals surface area contributed by atoms with E-state index in [-0.39, 0.29) is 30.3 Å². The van der Waals surface area contributed by atoms with Crippen molar-refractivity contribution in [2.75, 3.05) is 20.6 Å². The molecule has 2 rings (SSSR count). The highest BCUT2D eigenvalue weighted by Gasteiger charge is 2.12. The van der Waals surface area contributed by atoms with Gasteiger partial charge in [0.1, 0.15) is 0 Å². The number of nitrogens with zero attached hydrogens (tertiary/aromatic N) is 1. The minimum atomic E-state index is -0.269. The molecule has 2 amide bonds. The van der Waals surface area contributed by atoms with Crippen molar-refractivity contribution in [2.45, 2.75) is 25.8 Å². The van der Waals surface area contributed by atoms with Crippen molar-refractivity contribution < 1.29 is 9.59 Å². The number of hydrogen-bond donors (Lipinski definition) is 2. The molecule has 27 heavy (non-hydrogen) atoms. The molecule has 0 aliphatic rings. The van der Waals surface area contributed by atoms with E-state index >= 15 is 0 Å². The molecule has 0 aromatic heterocycles. The van der Waals surface area contributed by atoms with Crippen LogP contribution in [0.1, 0.15) is 57.7 Å². The summed E-state index contributed by atoms with van der Waals surface area (Å²) in [6.45, 7) is 4.64. The number of rotatable bonds is 6. The van der Waals surface area contributed by atoms with E-state index in [0.717, 1.165) is 5.56 Å². The summed E-state index contributed by atoms with van der Waals surface area (Å²) in [4.78, 5) is 25.6. The van der Waals surface area contributed by atoms with Gasteiger partial charge in [0.25, 0.3) is 11.8 Å². The van der Waals surface area contributed by atoms with Gasteiger partial charge in [-0.2, -0.15) is 0 Å². The Morgan fingerprint density at radius 1 is 0.926 bits per heavy atom. The zero-order valence-corrected chi connectivity index (χ0v) is 17.0. The first-order valence-corrected chi connectivity index (χ1v) is 8.75. The molecule has 2 aromatic rings. The lowest BCUT2D eigenvalue weighted by atomic mass is 9.99. The topological polar surface area (TPSA) is 75.4 Å². The number of amides is 2. The number of benzene rings is 2. The van der Waals surface area contributed by atoms with Crippen LogP contribution in [-0.2, 0) is 0 Å². The van der Waals surface area contributed by atoms with Crippen LogP contribution in [0, 0.1) is 0 Å². The van der Waals surface area contributed by atoms with Crippen molar-refractivity contribution in [3.8, 4) is 0 Å². The number of halogens is 1. The van der Waals surface area contributed by atoms with Gasteiger partial charge in [0.15, 0.2) is 0 Å². The van der Waals surface area contributed by atoms with Gasteiger partial charge in [-0.25, -0.2) is 0 Å². The zero-order chi connectivity index (χ0) is 19.3. The number of nitrogens with one attached hydrogen (secondary N) is 1. The summed E-state index contributed by atoms with van der Waals surface area (Å²) >= 11 is 0. The van der Waals surface area contributed by atoms with Gasteiger partial charge in [-0.05, 0) is 41.3 Å². The monoisotopic (exact) mass is 389 g/mol. The second-order valence-electron chi connectivity index (χ2n) is 6.91. The summed E-state index contributed by atoms with van der Waals surface area (Å²) in [5.41, 5.74) is 9.48. The predicted octanol–water partition coefficient (Wildman–Crippen LogP) is 3.36. The second kappa shape index (κ2) is 10.1. The average molecular weight is 390 g/mol. The van der Waals surface area contributed by atoms with E-state index in [1.54, 1.807) is 38.4 Å². The smallest absolute Gasteiger partial charge is 0.253 e. The van der Waals surface area contributed by atoms with Gasteiger partial charge in [0.2, 0.25) is 0 Å². The average Bonchev–Trinajstić information content (AvgIpc) is 2.65. The Morgan fingerprint density at radius 2 is 1.41 bits per heavy atom. The Labute approximate surface area is 167 Å². The highest BCUT2D eigenvalue weighted by Crippen LogP contribution is 2.17. The fourth-order valence-electron chi connectivity index (χ4n) is 2.57. The molecule has 0 aliphatic carbocycles. The standard InChI is InChI=1S/C21H27N3O2.ClH/c1-14(2)15-5-7-16(8-6-15)19(22)13-23-20(25)17-9-11-18(12-10-17)21(26)24(3)4;/h5-12,14,19H,13,22H2,1-4H3,(H,23,25);1H. The molecule has 1 atom stereocenters. The van der Waals surface area contributed by atoms with E-state index in [4.69, 9.17) is 5.73 Å². The van der Waals surface area contributed by atoms with Crippen LogP contribution in [0.3, 0.4) is 0 Å². The SMILES string of the molecule is CC(C)c1ccc(C(N)CNC(=O)c2ccc(C(=O)N(C)C)cc2)cc1.Cl. The number of nitrogens with two attached hydrogens (primary N) is 1. The molecule has 0 fully saturated rings. The van der Waals surface area contributed by atoms with Gasteiger partial charge < -0.3 is 16.0 Å². The molecular weight excluding hydrogens is 362 g/mol. The highest BCUT2D eigenvalue weighted by atomic mass is 35.5. The minimum Gasteiger partial charge on any atom is -0.350 e. The molecule has 0 saturated heterocycles. The molecule has 5 nitrogen and oxygen atoms in total. The maximum Gasteiger partial charge on any atom is 0.253 e. The summed E-state index contributed by atoms with van der Waals surface area (Å²) in [5, 5.41) is 2.85. The molecule has 0 heterocycles. The van der Waals surface area contributed by atoms with Crippen LogP contribution in [0.15, 0.2) is 48.5 Å². The number of carbonyl (C=O) groups excluding carboxylic acids is 2.